The third-order valence-corrected chi connectivity index (χ3v) is 6.86. The molecule has 0 radical (unpaired) electrons. The molecule has 0 bridgehead atoms. The van der Waals surface area contributed by atoms with Crippen molar-refractivity contribution in [1.29, 1.82) is 0 Å². The van der Waals surface area contributed by atoms with E-state index in [1.165, 1.54) is 11.8 Å². The van der Waals surface area contributed by atoms with Gasteiger partial charge >= 0.3 is 0 Å². The number of thioether (sulfide) groups is 1. The fraction of sp³-hybridized carbons (Fsp3) is 0.0938. The normalized spacial score (nSPS) is 11.0. The number of hydrogen-bond acceptors (Lipinski definition) is 5. The molecule has 196 valence electrons. The van der Waals surface area contributed by atoms with Crippen LogP contribution in [0.5, 0.6) is 5.75 Å². The lowest BCUT2D eigenvalue weighted by molar-refractivity contribution is -0.113. The van der Waals surface area contributed by atoms with Crippen molar-refractivity contribution in [2.75, 3.05) is 18.2 Å². The largest absolute Gasteiger partial charge is 0.497 e. The first-order chi connectivity index (χ1) is 18.9. The van der Waals surface area contributed by atoms with Gasteiger partial charge in [-0.15, -0.1) is 11.8 Å². The Labute approximate surface area is 232 Å². The van der Waals surface area contributed by atoms with Gasteiger partial charge in [0.25, 0.3) is 11.8 Å². The van der Waals surface area contributed by atoms with E-state index < -0.39 is 5.91 Å². The van der Waals surface area contributed by atoms with E-state index in [4.69, 9.17) is 4.74 Å². The van der Waals surface area contributed by atoms with Crippen LogP contribution in [0.4, 0.5) is 5.69 Å². The predicted octanol–water partition coefficient (Wildman–Crippen LogP) is 6.39. The van der Waals surface area contributed by atoms with Crippen LogP contribution >= 0.6 is 11.8 Å². The Hall–Kier alpha value is -4.62. The van der Waals surface area contributed by atoms with Crippen LogP contribution in [0, 0.1) is 6.92 Å². The number of Topliss-reactive ketones (excluding diaryl/α,β-unsaturated/α-hetero) is 1. The van der Waals surface area contributed by atoms with E-state index in [2.05, 4.69) is 10.6 Å². The number of carbonyl (C=O) groups is 3. The molecule has 0 heterocycles. The highest BCUT2D eigenvalue weighted by Gasteiger charge is 2.16. The first-order valence-electron chi connectivity index (χ1n) is 12.3. The first-order valence-corrected chi connectivity index (χ1v) is 13.3. The van der Waals surface area contributed by atoms with Gasteiger partial charge in [-0.05, 0) is 66.6 Å². The van der Waals surface area contributed by atoms with Gasteiger partial charge in [0.05, 0.1) is 12.9 Å². The number of methoxy groups -OCH3 is 1. The van der Waals surface area contributed by atoms with Gasteiger partial charge in [0, 0.05) is 21.7 Å². The monoisotopic (exact) mass is 536 g/mol. The number of ketones is 1. The van der Waals surface area contributed by atoms with E-state index in [1.807, 2.05) is 43.3 Å². The molecule has 0 fully saturated rings. The molecule has 0 atom stereocenters. The molecule has 4 aromatic carbocycles. The lowest BCUT2D eigenvalue weighted by atomic mass is 10.1. The highest BCUT2D eigenvalue weighted by atomic mass is 32.2. The molecule has 6 nitrogen and oxygen atoms in total. The van der Waals surface area contributed by atoms with Gasteiger partial charge in [-0.2, -0.15) is 0 Å². The minimum absolute atomic E-state index is 0.0274. The summed E-state index contributed by atoms with van der Waals surface area (Å²) in [6.07, 6.45) is 1.66. The molecule has 0 saturated carbocycles. The van der Waals surface area contributed by atoms with Crippen LogP contribution in [0.3, 0.4) is 0 Å². The van der Waals surface area contributed by atoms with E-state index in [9.17, 15) is 14.4 Å². The average Bonchev–Trinajstić information content (AvgIpc) is 2.97. The van der Waals surface area contributed by atoms with Crippen LogP contribution in [0.2, 0.25) is 0 Å². The van der Waals surface area contributed by atoms with Gasteiger partial charge in [-0.1, -0.05) is 60.7 Å². The number of ether oxygens (including phenoxy) is 1. The summed E-state index contributed by atoms with van der Waals surface area (Å²) in [5, 5.41) is 5.64. The summed E-state index contributed by atoms with van der Waals surface area (Å²) in [6, 6.07) is 30.6. The second kappa shape index (κ2) is 13.3. The summed E-state index contributed by atoms with van der Waals surface area (Å²) in [5.41, 5.74) is 3.46. The summed E-state index contributed by atoms with van der Waals surface area (Å²) in [5.74, 6) is -0.0103. The van der Waals surface area contributed by atoms with Crippen molar-refractivity contribution in [2.24, 2.45) is 0 Å². The van der Waals surface area contributed by atoms with Crippen molar-refractivity contribution < 1.29 is 19.1 Å². The molecule has 0 aliphatic carbocycles. The summed E-state index contributed by atoms with van der Waals surface area (Å²) in [7, 11) is 1.56. The second-order valence-electron chi connectivity index (χ2n) is 8.66. The van der Waals surface area contributed by atoms with Crippen LogP contribution in [0.1, 0.15) is 31.8 Å². The number of aryl methyl sites for hydroxylation is 1. The molecule has 0 aromatic heterocycles. The number of anilines is 1. The first kappa shape index (κ1) is 27.4. The van der Waals surface area contributed by atoms with E-state index in [1.54, 1.807) is 79.9 Å². The van der Waals surface area contributed by atoms with E-state index in [-0.39, 0.29) is 23.1 Å². The van der Waals surface area contributed by atoms with Gasteiger partial charge in [-0.25, -0.2) is 0 Å². The molecule has 0 aliphatic heterocycles. The number of amides is 2. The predicted molar refractivity (Wildman–Crippen MR) is 156 cm³/mol. The van der Waals surface area contributed by atoms with E-state index in [0.29, 0.717) is 22.6 Å². The zero-order valence-corrected chi connectivity index (χ0v) is 22.5. The Kier molecular flexibility index (Phi) is 9.32. The minimum Gasteiger partial charge on any atom is -0.497 e. The molecule has 4 rings (SSSR count). The zero-order chi connectivity index (χ0) is 27.6. The Morgan fingerprint density at radius 1 is 0.821 bits per heavy atom. The summed E-state index contributed by atoms with van der Waals surface area (Å²) in [4.78, 5) is 39.7. The van der Waals surface area contributed by atoms with Crippen LogP contribution in [-0.2, 0) is 4.79 Å². The molecular formula is C32H28N2O4S. The average molecular weight is 537 g/mol. The third-order valence-electron chi connectivity index (χ3n) is 5.87. The maximum atomic E-state index is 13.4. The van der Waals surface area contributed by atoms with Gasteiger partial charge < -0.3 is 15.4 Å². The number of benzene rings is 4. The van der Waals surface area contributed by atoms with Gasteiger partial charge in [-0.3, -0.25) is 14.4 Å². The van der Waals surface area contributed by atoms with E-state index in [0.717, 1.165) is 16.0 Å². The molecule has 7 heteroatoms. The van der Waals surface area contributed by atoms with Crippen LogP contribution in [0.15, 0.2) is 114 Å². The van der Waals surface area contributed by atoms with Gasteiger partial charge in [0.1, 0.15) is 11.4 Å². The molecule has 0 unspecified atom stereocenters. The van der Waals surface area contributed by atoms with Crippen molar-refractivity contribution in [3.05, 3.63) is 131 Å². The number of rotatable bonds is 10. The summed E-state index contributed by atoms with van der Waals surface area (Å²) >= 11 is 1.37. The molecule has 39 heavy (non-hydrogen) atoms. The number of carbonyl (C=O) groups excluding carboxylic acids is 3. The Bertz CT molecular complexity index is 1520. The fourth-order valence-electron chi connectivity index (χ4n) is 3.74. The smallest absolute Gasteiger partial charge is 0.272 e. The SMILES string of the molecule is COc1cccc(C(=O)CSc2cccc(NC(=O)/C(=C/c3ccccc3C)NC(=O)c3ccccc3)c2)c1. The van der Waals surface area contributed by atoms with E-state index >= 15 is 0 Å². The Morgan fingerprint density at radius 2 is 1.54 bits per heavy atom. The molecule has 2 amide bonds. The van der Waals surface area contributed by atoms with Crippen molar-refractivity contribution in [2.45, 2.75) is 11.8 Å². The summed E-state index contributed by atoms with van der Waals surface area (Å²) < 4.78 is 5.20. The lowest BCUT2D eigenvalue weighted by Crippen LogP contribution is -2.30. The van der Waals surface area contributed by atoms with Crippen LogP contribution in [0.25, 0.3) is 6.08 Å². The van der Waals surface area contributed by atoms with Crippen molar-refractivity contribution in [3.63, 3.8) is 0 Å². The second-order valence-corrected chi connectivity index (χ2v) is 9.71. The van der Waals surface area contributed by atoms with Gasteiger partial charge in [0.2, 0.25) is 0 Å². The highest BCUT2D eigenvalue weighted by Crippen LogP contribution is 2.24. The minimum atomic E-state index is -0.461. The maximum Gasteiger partial charge on any atom is 0.272 e. The fourth-order valence-corrected chi connectivity index (χ4v) is 4.59. The topological polar surface area (TPSA) is 84.5 Å². The molecule has 0 spiro atoms. The van der Waals surface area contributed by atoms with Crippen molar-refractivity contribution in [3.8, 4) is 5.75 Å². The van der Waals surface area contributed by atoms with Crippen LogP contribution < -0.4 is 15.4 Å². The number of nitrogens with one attached hydrogen (secondary N) is 2. The molecular weight excluding hydrogens is 508 g/mol. The zero-order valence-electron chi connectivity index (χ0n) is 21.6. The van der Waals surface area contributed by atoms with Crippen LogP contribution in [-0.4, -0.2) is 30.5 Å². The molecule has 2 N–H and O–H groups in total. The molecule has 0 saturated heterocycles. The lowest BCUT2D eigenvalue weighted by Gasteiger charge is -2.13. The standard InChI is InChI=1S/C32H28N2O4S/c1-22-10-6-7-13-24(22)19-29(34-31(36)23-11-4-3-5-12-23)32(37)33-26-15-9-17-28(20-26)39-21-30(35)25-14-8-16-27(18-25)38-2/h3-20H,21H2,1-2H3,(H,33,37)(H,34,36)/b29-19-. The quantitative estimate of drug-likeness (QED) is 0.139. The van der Waals surface area contributed by atoms with Crippen molar-refractivity contribution in [1.82, 2.24) is 5.32 Å². The number of hydrogen-bond donors (Lipinski definition) is 2. The van der Waals surface area contributed by atoms with Gasteiger partial charge in [0.15, 0.2) is 5.78 Å². The highest BCUT2D eigenvalue weighted by molar-refractivity contribution is 8.00. The molecule has 0 aliphatic rings. The Morgan fingerprint density at radius 3 is 2.31 bits per heavy atom. The summed E-state index contributed by atoms with van der Waals surface area (Å²) in [6.45, 7) is 1.94. The van der Waals surface area contributed by atoms with Crippen molar-refractivity contribution >= 4 is 41.1 Å². The maximum absolute atomic E-state index is 13.4. The Balaban J connectivity index is 1.49. The third kappa shape index (κ3) is 7.69. The molecule has 4 aromatic rings.